The fraction of sp³-hybridized carbons (Fsp3) is 0.600. The number of amides is 1. The van der Waals surface area contributed by atoms with Gasteiger partial charge in [-0.2, -0.15) is 4.98 Å². The number of carbonyl (C=O) groups excluding carboxylic acids is 1. The SMILES string of the molecule is CCN(CC)C(=O)CNc1ccc(N)c(OC(C)(C)C)n1. The van der Waals surface area contributed by atoms with Gasteiger partial charge in [0.15, 0.2) is 0 Å². The van der Waals surface area contributed by atoms with Gasteiger partial charge in [0.2, 0.25) is 11.8 Å². The number of ether oxygens (including phenoxy) is 1. The van der Waals surface area contributed by atoms with Gasteiger partial charge in [0.25, 0.3) is 0 Å². The summed E-state index contributed by atoms with van der Waals surface area (Å²) in [5.74, 6) is 0.989. The van der Waals surface area contributed by atoms with Crippen LogP contribution in [0.3, 0.4) is 0 Å². The minimum absolute atomic E-state index is 0.0388. The largest absolute Gasteiger partial charge is 0.470 e. The zero-order valence-corrected chi connectivity index (χ0v) is 13.6. The Kier molecular flexibility index (Phi) is 5.81. The molecule has 1 amide bonds. The number of aromatic nitrogens is 1. The van der Waals surface area contributed by atoms with Gasteiger partial charge in [0.05, 0.1) is 12.2 Å². The van der Waals surface area contributed by atoms with Crippen LogP contribution in [0, 0.1) is 0 Å². The summed E-state index contributed by atoms with van der Waals surface area (Å²) >= 11 is 0. The lowest BCUT2D eigenvalue weighted by atomic mass is 10.2. The number of hydrogen-bond acceptors (Lipinski definition) is 5. The van der Waals surface area contributed by atoms with Crippen LogP contribution in [0.25, 0.3) is 0 Å². The fourth-order valence-electron chi connectivity index (χ4n) is 1.78. The van der Waals surface area contributed by atoms with Gasteiger partial charge in [0.1, 0.15) is 11.4 Å². The molecule has 1 aromatic rings. The molecular formula is C15H26N4O2. The van der Waals surface area contributed by atoms with E-state index in [4.69, 9.17) is 10.5 Å². The fourth-order valence-corrected chi connectivity index (χ4v) is 1.78. The molecule has 0 saturated carbocycles. The summed E-state index contributed by atoms with van der Waals surface area (Å²) in [6.45, 7) is 11.3. The van der Waals surface area contributed by atoms with Crippen LogP contribution >= 0.6 is 0 Å². The normalized spacial score (nSPS) is 11.1. The van der Waals surface area contributed by atoms with Gasteiger partial charge in [-0.1, -0.05) is 0 Å². The number of nitrogens with one attached hydrogen (secondary N) is 1. The van der Waals surface area contributed by atoms with Gasteiger partial charge in [-0.05, 0) is 46.8 Å². The highest BCUT2D eigenvalue weighted by atomic mass is 16.5. The Bertz CT molecular complexity index is 479. The Morgan fingerprint density at radius 2 is 1.95 bits per heavy atom. The third kappa shape index (κ3) is 5.49. The molecule has 118 valence electrons. The lowest BCUT2D eigenvalue weighted by molar-refractivity contribution is -0.128. The van der Waals surface area contributed by atoms with E-state index in [0.29, 0.717) is 30.5 Å². The van der Waals surface area contributed by atoms with Crippen molar-refractivity contribution in [2.24, 2.45) is 0 Å². The second-order valence-corrected chi connectivity index (χ2v) is 5.72. The minimum atomic E-state index is -0.378. The van der Waals surface area contributed by atoms with Gasteiger partial charge in [-0.25, -0.2) is 0 Å². The lowest BCUT2D eigenvalue weighted by Gasteiger charge is -2.22. The molecule has 1 aromatic heterocycles. The zero-order chi connectivity index (χ0) is 16.0. The van der Waals surface area contributed by atoms with Crippen molar-refractivity contribution in [3.05, 3.63) is 12.1 Å². The molecule has 6 heteroatoms. The number of pyridine rings is 1. The molecule has 0 bridgehead atoms. The number of anilines is 2. The molecule has 0 atom stereocenters. The molecule has 0 aliphatic carbocycles. The van der Waals surface area contributed by atoms with E-state index < -0.39 is 0 Å². The molecule has 0 radical (unpaired) electrons. The second kappa shape index (κ2) is 7.15. The molecule has 1 rings (SSSR count). The van der Waals surface area contributed by atoms with Crippen molar-refractivity contribution in [2.75, 3.05) is 30.7 Å². The summed E-state index contributed by atoms with van der Waals surface area (Å²) in [6.07, 6.45) is 0. The molecule has 0 fully saturated rings. The molecule has 0 aliphatic rings. The van der Waals surface area contributed by atoms with Crippen LogP contribution in [0.2, 0.25) is 0 Å². The van der Waals surface area contributed by atoms with Crippen LogP contribution in [0.1, 0.15) is 34.6 Å². The van der Waals surface area contributed by atoms with E-state index >= 15 is 0 Å². The van der Waals surface area contributed by atoms with E-state index in [2.05, 4.69) is 10.3 Å². The van der Waals surface area contributed by atoms with Crippen molar-refractivity contribution < 1.29 is 9.53 Å². The Hall–Kier alpha value is -1.98. The van der Waals surface area contributed by atoms with Gasteiger partial charge in [-0.3, -0.25) is 4.79 Å². The summed E-state index contributed by atoms with van der Waals surface area (Å²) in [5, 5.41) is 3.01. The van der Waals surface area contributed by atoms with E-state index in [1.807, 2.05) is 34.6 Å². The molecular weight excluding hydrogens is 268 g/mol. The van der Waals surface area contributed by atoms with Crippen LogP contribution in [0.4, 0.5) is 11.5 Å². The molecule has 21 heavy (non-hydrogen) atoms. The van der Waals surface area contributed by atoms with E-state index in [1.165, 1.54) is 0 Å². The number of carbonyl (C=O) groups is 1. The van der Waals surface area contributed by atoms with Crippen molar-refractivity contribution in [2.45, 2.75) is 40.2 Å². The van der Waals surface area contributed by atoms with Crippen LogP contribution in [-0.4, -0.2) is 41.0 Å². The van der Waals surface area contributed by atoms with Crippen molar-refractivity contribution >= 4 is 17.4 Å². The van der Waals surface area contributed by atoms with Crippen LogP contribution in [-0.2, 0) is 4.79 Å². The standard InChI is InChI=1S/C15H26N4O2/c1-6-19(7-2)13(20)10-17-12-9-8-11(16)14(18-12)21-15(3,4)5/h8-9H,6-7,10,16H2,1-5H3,(H,17,18). The number of nitrogen functional groups attached to an aromatic ring is 1. The molecule has 0 spiro atoms. The third-order valence-corrected chi connectivity index (χ3v) is 2.83. The molecule has 3 N–H and O–H groups in total. The van der Waals surface area contributed by atoms with Crippen LogP contribution in [0.5, 0.6) is 5.88 Å². The monoisotopic (exact) mass is 294 g/mol. The average molecular weight is 294 g/mol. The Labute approximate surface area is 126 Å². The van der Waals surface area contributed by atoms with Crippen LogP contribution in [0.15, 0.2) is 12.1 Å². The third-order valence-electron chi connectivity index (χ3n) is 2.83. The van der Waals surface area contributed by atoms with Crippen molar-refractivity contribution in [3.8, 4) is 5.88 Å². The minimum Gasteiger partial charge on any atom is -0.470 e. The Morgan fingerprint density at radius 3 is 2.48 bits per heavy atom. The lowest BCUT2D eigenvalue weighted by Crippen LogP contribution is -2.35. The summed E-state index contributed by atoms with van der Waals surface area (Å²) in [7, 11) is 0. The first-order valence-electron chi connectivity index (χ1n) is 7.24. The number of rotatable bonds is 6. The number of nitrogens with zero attached hydrogens (tertiary/aromatic N) is 2. The summed E-state index contributed by atoms with van der Waals surface area (Å²) in [4.78, 5) is 18.0. The molecule has 6 nitrogen and oxygen atoms in total. The summed E-state index contributed by atoms with van der Waals surface area (Å²) in [6, 6.07) is 3.46. The average Bonchev–Trinajstić information content (AvgIpc) is 2.39. The molecule has 0 saturated heterocycles. The summed E-state index contributed by atoms with van der Waals surface area (Å²) in [5.41, 5.74) is 5.95. The van der Waals surface area contributed by atoms with E-state index in [9.17, 15) is 4.79 Å². The first-order chi connectivity index (χ1) is 9.76. The first kappa shape index (κ1) is 17.1. The molecule has 0 unspecified atom stereocenters. The predicted octanol–water partition coefficient (Wildman–Crippen LogP) is 2.12. The topological polar surface area (TPSA) is 80.5 Å². The van der Waals surface area contributed by atoms with E-state index in [0.717, 1.165) is 0 Å². The van der Waals surface area contributed by atoms with E-state index in [1.54, 1.807) is 17.0 Å². The Morgan fingerprint density at radius 1 is 1.33 bits per heavy atom. The van der Waals surface area contributed by atoms with Gasteiger partial charge >= 0.3 is 0 Å². The van der Waals surface area contributed by atoms with E-state index in [-0.39, 0.29) is 18.1 Å². The Balaban J connectivity index is 2.72. The first-order valence-corrected chi connectivity index (χ1v) is 7.24. The quantitative estimate of drug-likeness (QED) is 0.840. The zero-order valence-electron chi connectivity index (χ0n) is 13.6. The maximum Gasteiger partial charge on any atom is 0.241 e. The number of nitrogens with two attached hydrogens (primary N) is 1. The van der Waals surface area contributed by atoms with Crippen molar-refractivity contribution in [3.63, 3.8) is 0 Å². The van der Waals surface area contributed by atoms with Gasteiger partial charge in [0, 0.05) is 13.1 Å². The predicted molar refractivity (Wildman–Crippen MR) is 85.4 cm³/mol. The number of likely N-dealkylation sites (N-methyl/N-ethyl adjacent to an activating group) is 1. The highest BCUT2D eigenvalue weighted by Gasteiger charge is 2.16. The van der Waals surface area contributed by atoms with Gasteiger partial charge in [-0.15, -0.1) is 0 Å². The highest BCUT2D eigenvalue weighted by molar-refractivity contribution is 5.80. The highest BCUT2D eigenvalue weighted by Crippen LogP contribution is 2.24. The second-order valence-electron chi connectivity index (χ2n) is 5.72. The smallest absolute Gasteiger partial charge is 0.241 e. The van der Waals surface area contributed by atoms with Crippen LogP contribution < -0.4 is 15.8 Å². The van der Waals surface area contributed by atoms with Crippen molar-refractivity contribution in [1.29, 1.82) is 0 Å². The van der Waals surface area contributed by atoms with Crippen molar-refractivity contribution in [1.82, 2.24) is 9.88 Å². The maximum atomic E-state index is 11.9. The summed E-state index contributed by atoms with van der Waals surface area (Å²) < 4.78 is 5.70. The number of hydrogen-bond donors (Lipinski definition) is 2. The molecule has 1 heterocycles. The van der Waals surface area contributed by atoms with Gasteiger partial charge < -0.3 is 20.7 Å². The maximum absolute atomic E-state index is 11.9. The molecule has 0 aliphatic heterocycles. The molecule has 0 aromatic carbocycles.